The molecule has 1 saturated heterocycles. The summed E-state index contributed by atoms with van der Waals surface area (Å²) in [6, 6.07) is 10.2. The zero-order valence-corrected chi connectivity index (χ0v) is 12.8. The Kier molecular flexibility index (Phi) is 5.76. The van der Waals surface area contributed by atoms with Gasteiger partial charge in [0, 0.05) is 19.6 Å². The summed E-state index contributed by atoms with van der Waals surface area (Å²) >= 11 is 0. The molecule has 0 bridgehead atoms. The van der Waals surface area contributed by atoms with E-state index in [1.807, 2.05) is 30.0 Å². The molecule has 1 aromatic carbocycles. The van der Waals surface area contributed by atoms with E-state index in [4.69, 9.17) is 0 Å². The maximum atomic E-state index is 12.8. The zero-order valence-electron chi connectivity index (χ0n) is 12.8. The van der Waals surface area contributed by atoms with E-state index in [1.54, 1.807) is 0 Å². The molecule has 4 nitrogen and oxygen atoms in total. The van der Waals surface area contributed by atoms with Crippen molar-refractivity contribution in [2.45, 2.75) is 26.2 Å². The summed E-state index contributed by atoms with van der Waals surface area (Å²) in [6.45, 7) is 4.87. The van der Waals surface area contributed by atoms with Gasteiger partial charge in [-0.1, -0.05) is 30.3 Å². The lowest BCUT2D eigenvalue weighted by Crippen LogP contribution is -2.51. The van der Waals surface area contributed by atoms with Gasteiger partial charge in [-0.05, 0) is 38.3 Å². The van der Waals surface area contributed by atoms with Crippen LogP contribution in [-0.2, 0) is 11.2 Å². The standard InChI is InChI=1S/C17H26N2O2/c1-17(9-5-10-18-14-17)16(21)19(12-13-20)11-8-15-6-3-2-4-7-15/h2-4,6-7,18,20H,5,8-14H2,1H3/t17-/m0/s1. The highest BCUT2D eigenvalue weighted by molar-refractivity contribution is 5.82. The van der Waals surface area contributed by atoms with Crippen LogP contribution in [-0.4, -0.2) is 48.7 Å². The summed E-state index contributed by atoms with van der Waals surface area (Å²) in [5.41, 5.74) is 0.893. The molecule has 1 amide bonds. The Morgan fingerprint density at radius 3 is 2.71 bits per heavy atom. The summed E-state index contributed by atoms with van der Waals surface area (Å²) in [7, 11) is 0. The molecule has 1 aliphatic rings. The van der Waals surface area contributed by atoms with Gasteiger partial charge in [-0.25, -0.2) is 0 Å². The number of benzene rings is 1. The average Bonchev–Trinajstić information content (AvgIpc) is 2.52. The van der Waals surface area contributed by atoms with Crippen LogP contribution in [0.5, 0.6) is 0 Å². The van der Waals surface area contributed by atoms with Crippen LogP contribution in [0.4, 0.5) is 0 Å². The minimum atomic E-state index is -0.329. The first-order valence-electron chi connectivity index (χ1n) is 7.80. The Labute approximate surface area is 127 Å². The van der Waals surface area contributed by atoms with E-state index in [0.29, 0.717) is 13.1 Å². The number of aliphatic hydroxyl groups is 1. The zero-order chi connectivity index (χ0) is 15.1. The normalized spacial score (nSPS) is 22.0. The molecule has 1 aromatic rings. The number of rotatable bonds is 6. The van der Waals surface area contributed by atoms with Gasteiger partial charge in [-0.15, -0.1) is 0 Å². The highest BCUT2D eigenvalue weighted by atomic mass is 16.3. The lowest BCUT2D eigenvalue weighted by atomic mass is 9.81. The number of hydrogen-bond acceptors (Lipinski definition) is 3. The third kappa shape index (κ3) is 4.29. The fourth-order valence-corrected chi connectivity index (χ4v) is 2.96. The van der Waals surface area contributed by atoms with Crippen molar-refractivity contribution < 1.29 is 9.90 Å². The second-order valence-electron chi connectivity index (χ2n) is 6.09. The van der Waals surface area contributed by atoms with Gasteiger partial charge >= 0.3 is 0 Å². The van der Waals surface area contributed by atoms with E-state index < -0.39 is 0 Å². The molecule has 2 N–H and O–H groups in total. The van der Waals surface area contributed by atoms with Crippen molar-refractivity contribution >= 4 is 5.91 Å². The Hall–Kier alpha value is -1.39. The number of aliphatic hydroxyl groups excluding tert-OH is 1. The first-order chi connectivity index (χ1) is 10.2. The van der Waals surface area contributed by atoms with Crippen molar-refractivity contribution in [2.24, 2.45) is 5.41 Å². The number of amides is 1. The largest absolute Gasteiger partial charge is 0.395 e. The fraction of sp³-hybridized carbons (Fsp3) is 0.588. The third-order valence-corrected chi connectivity index (χ3v) is 4.28. The first-order valence-corrected chi connectivity index (χ1v) is 7.80. The minimum Gasteiger partial charge on any atom is -0.395 e. The molecule has 0 aliphatic carbocycles. The topological polar surface area (TPSA) is 52.6 Å². The number of carbonyl (C=O) groups is 1. The molecule has 0 unspecified atom stereocenters. The maximum absolute atomic E-state index is 12.8. The molecule has 4 heteroatoms. The van der Waals surface area contributed by atoms with E-state index >= 15 is 0 Å². The molecule has 1 heterocycles. The molecule has 0 spiro atoms. The highest BCUT2D eigenvalue weighted by Gasteiger charge is 2.37. The first kappa shape index (κ1) is 16.0. The van der Waals surface area contributed by atoms with Crippen molar-refractivity contribution in [1.82, 2.24) is 10.2 Å². The molecule has 2 rings (SSSR count). The molecule has 0 aromatic heterocycles. The summed E-state index contributed by atoms with van der Waals surface area (Å²) in [5.74, 6) is 0.166. The molecule has 0 saturated carbocycles. The van der Waals surface area contributed by atoms with Crippen molar-refractivity contribution in [3.63, 3.8) is 0 Å². The van der Waals surface area contributed by atoms with E-state index in [9.17, 15) is 9.90 Å². The Morgan fingerprint density at radius 1 is 1.33 bits per heavy atom. The average molecular weight is 290 g/mol. The van der Waals surface area contributed by atoms with Crippen LogP contribution < -0.4 is 5.32 Å². The van der Waals surface area contributed by atoms with Gasteiger partial charge in [-0.3, -0.25) is 4.79 Å². The van der Waals surface area contributed by atoms with Crippen molar-refractivity contribution in [3.05, 3.63) is 35.9 Å². The quantitative estimate of drug-likeness (QED) is 0.833. The van der Waals surface area contributed by atoms with Crippen LogP contribution in [0.15, 0.2) is 30.3 Å². The van der Waals surface area contributed by atoms with Crippen LogP contribution in [0, 0.1) is 5.41 Å². The van der Waals surface area contributed by atoms with Gasteiger partial charge in [0.25, 0.3) is 0 Å². The fourth-order valence-electron chi connectivity index (χ4n) is 2.96. The van der Waals surface area contributed by atoms with Crippen molar-refractivity contribution in [1.29, 1.82) is 0 Å². The lowest BCUT2D eigenvalue weighted by Gasteiger charge is -2.37. The molecule has 116 valence electrons. The van der Waals surface area contributed by atoms with Crippen LogP contribution in [0.3, 0.4) is 0 Å². The second kappa shape index (κ2) is 7.57. The van der Waals surface area contributed by atoms with Crippen molar-refractivity contribution in [2.75, 3.05) is 32.8 Å². The van der Waals surface area contributed by atoms with E-state index in [1.165, 1.54) is 5.56 Å². The molecular formula is C17H26N2O2. The lowest BCUT2D eigenvalue weighted by molar-refractivity contribution is -0.142. The number of nitrogens with zero attached hydrogens (tertiary/aromatic N) is 1. The van der Waals surface area contributed by atoms with E-state index in [0.717, 1.165) is 32.4 Å². The van der Waals surface area contributed by atoms with Crippen molar-refractivity contribution in [3.8, 4) is 0 Å². The minimum absolute atomic E-state index is 0.0179. The molecule has 1 fully saturated rings. The Bertz CT molecular complexity index is 441. The van der Waals surface area contributed by atoms with E-state index in [-0.39, 0.29) is 17.9 Å². The van der Waals surface area contributed by atoms with Gasteiger partial charge < -0.3 is 15.3 Å². The molecule has 1 atom stereocenters. The highest BCUT2D eigenvalue weighted by Crippen LogP contribution is 2.28. The number of carbonyl (C=O) groups excluding carboxylic acids is 1. The number of hydrogen-bond donors (Lipinski definition) is 2. The SMILES string of the molecule is C[C@]1(C(=O)N(CCO)CCc2ccccc2)CCCNC1. The predicted molar refractivity (Wildman–Crippen MR) is 84.0 cm³/mol. The van der Waals surface area contributed by atoms with Crippen LogP contribution >= 0.6 is 0 Å². The third-order valence-electron chi connectivity index (χ3n) is 4.28. The second-order valence-corrected chi connectivity index (χ2v) is 6.09. The summed E-state index contributed by atoms with van der Waals surface area (Å²) < 4.78 is 0. The molecule has 21 heavy (non-hydrogen) atoms. The molecule has 0 radical (unpaired) electrons. The maximum Gasteiger partial charge on any atom is 0.229 e. The van der Waals surface area contributed by atoms with Gasteiger partial charge in [0.05, 0.1) is 12.0 Å². The summed E-state index contributed by atoms with van der Waals surface area (Å²) in [6.07, 6.45) is 2.79. The summed E-state index contributed by atoms with van der Waals surface area (Å²) in [4.78, 5) is 14.6. The van der Waals surface area contributed by atoms with Gasteiger partial charge in [0.15, 0.2) is 0 Å². The number of nitrogens with one attached hydrogen (secondary N) is 1. The Balaban J connectivity index is 1.98. The Morgan fingerprint density at radius 2 is 2.10 bits per heavy atom. The number of piperidine rings is 1. The monoisotopic (exact) mass is 290 g/mol. The van der Waals surface area contributed by atoms with Crippen LogP contribution in [0.2, 0.25) is 0 Å². The molecular weight excluding hydrogens is 264 g/mol. The predicted octanol–water partition coefficient (Wildman–Crippen LogP) is 1.44. The molecule has 1 aliphatic heterocycles. The van der Waals surface area contributed by atoms with Crippen LogP contribution in [0.25, 0.3) is 0 Å². The van der Waals surface area contributed by atoms with E-state index in [2.05, 4.69) is 17.4 Å². The van der Waals surface area contributed by atoms with Gasteiger partial charge in [-0.2, -0.15) is 0 Å². The van der Waals surface area contributed by atoms with Crippen LogP contribution in [0.1, 0.15) is 25.3 Å². The van der Waals surface area contributed by atoms with Gasteiger partial charge in [0.2, 0.25) is 5.91 Å². The van der Waals surface area contributed by atoms with Gasteiger partial charge in [0.1, 0.15) is 0 Å². The summed E-state index contributed by atoms with van der Waals surface area (Å²) in [5, 5.41) is 12.6. The smallest absolute Gasteiger partial charge is 0.229 e.